The van der Waals surface area contributed by atoms with Crippen molar-refractivity contribution in [2.24, 2.45) is 0 Å². The van der Waals surface area contributed by atoms with Crippen LogP contribution in [0.25, 0.3) is 0 Å². The van der Waals surface area contributed by atoms with E-state index in [9.17, 15) is 4.79 Å². The Morgan fingerprint density at radius 3 is 2.24 bits per heavy atom. The van der Waals surface area contributed by atoms with Crippen molar-refractivity contribution in [3.63, 3.8) is 0 Å². The summed E-state index contributed by atoms with van der Waals surface area (Å²) in [6, 6.07) is 19.4. The summed E-state index contributed by atoms with van der Waals surface area (Å²) in [7, 11) is 0. The highest BCUT2D eigenvalue weighted by Gasteiger charge is 2.04. The summed E-state index contributed by atoms with van der Waals surface area (Å²) in [5.41, 5.74) is 4.30. The number of carbonyl (C=O) groups excluding carboxylic acids is 1. The monoisotopic (exact) mass is 332 g/mol. The molecule has 0 aliphatic rings. The van der Waals surface area contributed by atoms with Crippen molar-refractivity contribution in [1.82, 2.24) is 4.98 Å². The first-order valence-electron chi connectivity index (χ1n) is 8.16. The second kappa shape index (κ2) is 8.11. The van der Waals surface area contributed by atoms with Crippen molar-refractivity contribution in [2.45, 2.75) is 13.3 Å². The van der Waals surface area contributed by atoms with E-state index in [4.69, 9.17) is 4.74 Å². The Hall–Kier alpha value is -3.14. The van der Waals surface area contributed by atoms with Crippen molar-refractivity contribution in [2.75, 3.05) is 11.9 Å². The molecule has 0 saturated carbocycles. The number of hydrogen-bond acceptors (Lipinski definition) is 3. The second-order valence-electron chi connectivity index (χ2n) is 5.88. The highest BCUT2D eigenvalue weighted by molar-refractivity contribution is 5.91. The fraction of sp³-hybridized carbons (Fsp3) is 0.143. The number of carbonyl (C=O) groups is 1. The fourth-order valence-electron chi connectivity index (χ4n) is 2.42. The molecule has 3 rings (SSSR count). The van der Waals surface area contributed by atoms with Gasteiger partial charge in [0.25, 0.3) is 5.91 Å². The van der Waals surface area contributed by atoms with E-state index in [2.05, 4.69) is 10.3 Å². The van der Waals surface area contributed by atoms with Crippen molar-refractivity contribution >= 4 is 11.6 Å². The number of anilines is 1. The standard InChI is InChI=1S/C21H20N2O2/c1-16-2-8-20(9-3-16)25-15-21(24)23-19-6-4-17(5-7-19)14-18-10-12-22-13-11-18/h2-13H,14-15H2,1H3,(H,23,24). The highest BCUT2D eigenvalue weighted by atomic mass is 16.5. The van der Waals surface area contributed by atoms with Crippen LogP contribution in [-0.2, 0) is 11.2 Å². The minimum Gasteiger partial charge on any atom is -0.484 e. The lowest BCUT2D eigenvalue weighted by molar-refractivity contribution is -0.118. The summed E-state index contributed by atoms with van der Waals surface area (Å²) in [4.78, 5) is 16.0. The maximum absolute atomic E-state index is 12.0. The van der Waals surface area contributed by atoms with Crippen LogP contribution in [0.3, 0.4) is 0 Å². The third kappa shape index (κ3) is 5.18. The number of aryl methyl sites for hydroxylation is 1. The van der Waals surface area contributed by atoms with Gasteiger partial charge in [-0.2, -0.15) is 0 Å². The third-order valence-corrected chi connectivity index (χ3v) is 3.79. The predicted molar refractivity (Wildman–Crippen MR) is 98.8 cm³/mol. The zero-order valence-electron chi connectivity index (χ0n) is 14.1. The van der Waals surface area contributed by atoms with Crippen LogP contribution in [0.4, 0.5) is 5.69 Å². The summed E-state index contributed by atoms with van der Waals surface area (Å²) < 4.78 is 5.48. The molecule has 0 saturated heterocycles. The van der Waals surface area contributed by atoms with Crippen LogP contribution in [0.2, 0.25) is 0 Å². The van der Waals surface area contributed by atoms with Gasteiger partial charge in [-0.1, -0.05) is 29.8 Å². The number of amides is 1. The van der Waals surface area contributed by atoms with Gasteiger partial charge in [0.15, 0.2) is 6.61 Å². The maximum atomic E-state index is 12.0. The Balaban J connectivity index is 1.50. The van der Waals surface area contributed by atoms with Crippen LogP contribution in [-0.4, -0.2) is 17.5 Å². The summed E-state index contributed by atoms with van der Waals surface area (Å²) in [6.45, 7) is 2.00. The van der Waals surface area contributed by atoms with Gasteiger partial charge in [0, 0.05) is 18.1 Å². The Kier molecular flexibility index (Phi) is 5.42. The van der Waals surface area contributed by atoms with Gasteiger partial charge in [-0.25, -0.2) is 0 Å². The molecule has 25 heavy (non-hydrogen) atoms. The largest absolute Gasteiger partial charge is 0.484 e. The molecular formula is C21H20N2O2. The smallest absolute Gasteiger partial charge is 0.262 e. The second-order valence-corrected chi connectivity index (χ2v) is 5.88. The predicted octanol–water partition coefficient (Wildman–Crippen LogP) is 4.00. The number of aromatic nitrogens is 1. The van der Waals surface area contributed by atoms with Crippen molar-refractivity contribution in [3.8, 4) is 5.75 Å². The van der Waals surface area contributed by atoms with Crippen LogP contribution in [0, 0.1) is 6.92 Å². The zero-order valence-corrected chi connectivity index (χ0v) is 14.1. The lowest BCUT2D eigenvalue weighted by Crippen LogP contribution is -2.20. The molecule has 2 aromatic carbocycles. The van der Waals surface area contributed by atoms with Crippen molar-refractivity contribution in [3.05, 3.63) is 89.7 Å². The molecule has 0 aliphatic carbocycles. The van der Waals surface area contributed by atoms with Gasteiger partial charge in [0.1, 0.15) is 5.75 Å². The molecule has 0 fully saturated rings. The van der Waals surface area contributed by atoms with Gasteiger partial charge in [-0.15, -0.1) is 0 Å². The lowest BCUT2D eigenvalue weighted by atomic mass is 10.1. The normalized spacial score (nSPS) is 10.3. The molecule has 126 valence electrons. The average Bonchev–Trinajstić information content (AvgIpc) is 2.64. The van der Waals surface area contributed by atoms with Crippen LogP contribution in [0.1, 0.15) is 16.7 Å². The number of nitrogens with one attached hydrogen (secondary N) is 1. The van der Waals surface area contributed by atoms with Crippen molar-refractivity contribution in [1.29, 1.82) is 0 Å². The first-order valence-corrected chi connectivity index (χ1v) is 8.16. The molecule has 0 aliphatic heterocycles. The Bertz CT molecular complexity index is 813. The van der Waals surface area contributed by atoms with E-state index in [0.717, 1.165) is 17.7 Å². The van der Waals surface area contributed by atoms with E-state index in [1.54, 1.807) is 12.4 Å². The molecule has 3 aromatic rings. The van der Waals surface area contributed by atoms with Crippen LogP contribution < -0.4 is 10.1 Å². The average molecular weight is 332 g/mol. The summed E-state index contributed by atoms with van der Waals surface area (Å²) in [6.07, 6.45) is 4.42. The SMILES string of the molecule is Cc1ccc(OCC(=O)Nc2ccc(Cc3ccncc3)cc2)cc1. The topological polar surface area (TPSA) is 51.2 Å². The number of rotatable bonds is 6. The van der Waals surface area contributed by atoms with E-state index >= 15 is 0 Å². The molecule has 0 spiro atoms. The molecule has 0 bridgehead atoms. The van der Waals surface area contributed by atoms with E-state index in [-0.39, 0.29) is 12.5 Å². The van der Waals surface area contributed by atoms with E-state index in [1.807, 2.05) is 67.6 Å². The number of benzene rings is 2. The quantitative estimate of drug-likeness (QED) is 0.742. The van der Waals surface area contributed by atoms with Gasteiger partial charge in [-0.3, -0.25) is 9.78 Å². The Labute approximate surface area is 147 Å². The van der Waals surface area contributed by atoms with Gasteiger partial charge in [0.05, 0.1) is 0 Å². The first-order chi connectivity index (χ1) is 12.2. The number of ether oxygens (including phenoxy) is 1. The molecule has 1 N–H and O–H groups in total. The molecular weight excluding hydrogens is 312 g/mol. The Morgan fingerprint density at radius 2 is 1.56 bits per heavy atom. The minimum atomic E-state index is -0.178. The summed E-state index contributed by atoms with van der Waals surface area (Å²) in [5.74, 6) is 0.510. The van der Waals surface area contributed by atoms with Gasteiger partial charge in [-0.05, 0) is 60.9 Å². The number of pyridine rings is 1. The zero-order chi connectivity index (χ0) is 17.5. The highest BCUT2D eigenvalue weighted by Crippen LogP contribution is 2.14. The molecule has 1 heterocycles. The molecule has 0 unspecified atom stereocenters. The lowest BCUT2D eigenvalue weighted by Gasteiger charge is -2.08. The molecule has 1 aromatic heterocycles. The van der Waals surface area contributed by atoms with E-state index in [1.165, 1.54) is 11.1 Å². The van der Waals surface area contributed by atoms with E-state index < -0.39 is 0 Å². The third-order valence-electron chi connectivity index (χ3n) is 3.79. The van der Waals surface area contributed by atoms with Crippen LogP contribution in [0.15, 0.2) is 73.1 Å². The summed E-state index contributed by atoms with van der Waals surface area (Å²) >= 11 is 0. The first kappa shape index (κ1) is 16.7. The number of hydrogen-bond donors (Lipinski definition) is 1. The molecule has 4 heteroatoms. The molecule has 1 amide bonds. The Morgan fingerprint density at radius 1 is 0.920 bits per heavy atom. The van der Waals surface area contributed by atoms with Crippen LogP contribution in [0.5, 0.6) is 5.75 Å². The molecule has 4 nitrogen and oxygen atoms in total. The van der Waals surface area contributed by atoms with Gasteiger partial charge >= 0.3 is 0 Å². The summed E-state index contributed by atoms with van der Waals surface area (Å²) in [5, 5.41) is 2.84. The number of nitrogens with zero attached hydrogens (tertiary/aromatic N) is 1. The van der Waals surface area contributed by atoms with Crippen LogP contribution >= 0.6 is 0 Å². The molecule has 0 atom stereocenters. The van der Waals surface area contributed by atoms with Crippen molar-refractivity contribution < 1.29 is 9.53 Å². The minimum absolute atomic E-state index is 0.0121. The van der Waals surface area contributed by atoms with Gasteiger partial charge < -0.3 is 10.1 Å². The maximum Gasteiger partial charge on any atom is 0.262 e. The van der Waals surface area contributed by atoms with E-state index in [0.29, 0.717) is 5.75 Å². The molecule has 0 radical (unpaired) electrons. The van der Waals surface area contributed by atoms with Gasteiger partial charge in [0.2, 0.25) is 0 Å². The fourth-order valence-corrected chi connectivity index (χ4v) is 2.42.